The predicted molar refractivity (Wildman–Crippen MR) is 59.3 cm³/mol. The summed E-state index contributed by atoms with van der Waals surface area (Å²) in [7, 11) is 0. The summed E-state index contributed by atoms with van der Waals surface area (Å²) in [5.74, 6) is 0.0904. The number of rotatable bonds is 3. The summed E-state index contributed by atoms with van der Waals surface area (Å²) in [6.45, 7) is 4.47. The summed E-state index contributed by atoms with van der Waals surface area (Å²) in [5.41, 5.74) is 0.577. The molecule has 0 fully saturated rings. The highest BCUT2D eigenvalue weighted by molar-refractivity contribution is 9.10. The van der Waals surface area contributed by atoms with Crippen LogP contribution in [0.25, 0.3) is 0 Å². The maximum atomic E-state index is 11.5. The lowest BCUT2D eigenvalue weighted by molar-refractivity contribution is 0.0458. The third-order valence-corrected chi connectivity index (χ3v) is 2.33. The first-order valence-corrected chi connectivity index (χ1v) is 5.32. The second-order valence-corrected chi connectivity index (χ2v) is 4.33. The minimum atomic E-state index is -0.272. The Bertz CT molecular complexity index is 321. The Morgan fingerprint density at radius 3 is 2.64 bits per heavy atom. The Morgan fingerprint density at radius 1 is 1.43 bits per heavy atom. The third-order valence-electron chi connectivity index (χ3n) is 1.64. The Kier molecular flexibility index (Phi) is 4.14. The summed E-state index contributed by atoms with van der Waals surface area (Å²) < 4.78 is 5.87. The zero-order chi connectivity index (χ0) is 10.6. The van der Waals surface area contributed by atoms with Gasteiger partial charge in [0.05, 0.1) is 12.2 Å². The minimum Gasteiger partial charge on any atom is -0.462 e. The Balaban J connectivity index is 2.65. The Hall–Kier alpha value is -0.830. The molecule has 2 nitrogen and oxygen atoms in total. The molecular weight excluding hydrogens is 244 g/mol. The van der Waals surface area contributed by atoms with Crippen LogP contribution in [0.2, 0.25) is 0 Å². The van der Waals surface area contributed by atoms with Crippen molar-refractivity contribution in [2.24, 2.45) is 5.92 Å². The summed E-state index contributed by atoms with van der Waals surface area (Å²) in [6.07, 6.45) is 0. The molecule has 0 N–H and O–H groups in total. The topological polar surface area (TPSA) is 26.3 Å². The average molecular weight is 257 g/mol. The van der Waals surface area contributed by atoms with Crippen LogP contribution in [0, 0.1) is 5.92 Å². The fourth-order valence-corrected chi connectivity index (χ4v) is 1.39. The lowest BCUT2D eigenvalue weighted by Gasteiger charge is -2.07. The van der Waals surface area contributed by atoms with Crippen molar-refractivity contribution < 1.29 is 9.53 Å². The number of halogens is 1. The van der Waals surface area contributed by atoms with Crippen LogP contribution >= 0.6 is 15.9 Å². The van der Waals surface area contributed by atoms with Crippen molar-refractivity contribution in [3.63, 3.8) is 0 Å². The summed E-state index contributed by atoms with van der Waals surface area (Å²) in [4.78, 5) is 11.5. The molecule has 0 unspecified atom stereocenters. The number of benzene rings is 1. The van der Waals surface area contributed by atoms with Gasteiger partial charge >= 0.3 is 5.97 Å². The van der Waals surface area contributed by atoms with E-state index in [2.05, 4.69) is 15.9 Å². The summed E-state index contributed by atoms with van der Waals surface area (Å²) >= 11 is 3.30. The third kappa shape index (κ3) is 3.14. The van der Waals surface area contributed by atoms with E-state index >= 15 is 0 Å². The number of carbonyl (C=O) groups excluding carboxylic acids is 1. The van der Waals surface area contributed by atoms with Crippen molar-refractivity contribution in [3.05, 3.63) is 34.3 Å². The maximum Gasteiger partial charge on any atom is 0.339 e. The van der Waals surface area contributed by atoms with Crippen LogP contribution in [0.15, 0.2) is 28.7 Å². The molecule has 0 atom stereocenters. The van der Waals surface area contributed by atoms with Crippen molar-refractivity contribution >= 4 is 21.9 Å². The van der Waals surface area contributed by atoms with Crippen molar-refractivity contribution in [1.82, 2.24) is 0 Å². The van der Waals surface area contributed by atoms with Crippen molar-refractivity contribution in [2.45, 2.75) is 13.8 Å². The largest absolute Gasteiger partial charge is 0.462 e. The van der Waals surface area contributed by atoms with Gasteiger partial charge in [-0.2, -0.15) is 0 Å². The molecule has 0 bridgehead atoms. The van der Waals surface area contributed by atoms with Crippen LogP contribution in [0.4, 0.5) is 0 Å². The van der Waals surface area contributed by atoms with Gasteiger partial charge in [-0.15, -0.1) is 0 Å². The number of hydrogen-bond donors (Lipinski definition) is 0. The molecule has 3 heteroatoms. The smallest absolute Gasteiger partial charge is 0.339 e. The molecule has 0 radical (unpaired) electrons. The van der Waals surface area contributed by atoms with Gasteiger partial charge in [-0.25, -0.2) is 4.79 Å². The number of hydrogen-bond acceptors (Lipinski definition) is 2. The van der Waals surface area contributed by atoms with E-state index in [9.17, 15) is 4.79 Å². The zero-order valence-corrected chi connectivity index (χ0v) is 9.87. The van der Waals surface area contributed by atoms with E-state index in [0.29, 0.717) is 18.1 Å². The van der Waals surface area contributed by atoms with E-state index in [4.69, 9.17) is 4.74 Å². The molecule has 0 saturated heterocycles. The molecular formula is C11H13BrO2. The summed E-state index contributed by atoms with van der Waals surface area (Å²) in [5, 5.41) is 0. The Labute approximate surface area is 92.4 Å². The highest BCUT2D eigenvalue weighted by Crippen LogP contribution is 2.16. The van der Waals surface area contributed by atoms with Crippen LogP contribution in [0.3, 0.4) is 0 Å². The molecule has 0 amide bonds. The average Bonchev–Trinajstić information content (AvgIpc) is 2.15. The van der Waals surface area contributed by atoms with Crippen molar-refractivity contribution in [3.8, 4) is 0 Å². The van der Waals surface area contributed by atoms with Crippen molar-refractivity contribution in [1.29, 1.82) is 0 Å². The van der Waals surface area contributed by atoms with E-state index in [1.54, 1.807) is 6.07 Å². The quantitative estimate of drug-likeness (QED) is 0.777. The predicted octanol–water partition coefficient (Wildman–Crippen LogP) is 3.26. The molecule has 76 valence electrons. The Morgan fingerprint density at radius 2 is 2.07 bits per heavy atom. The molecule has 1 aromatic carbocycles. The first-order chi connectivity index (χ1) is 6.61. The molecule has 0 aliphatic heterocycles. The lowest BCUT2D eigenvalue weighted by atomic mass is 10.2. The lowest BCUT2D eigenvalue weighted by Crippen LogP contribution is -2.10. The normalized spacial score (nSPS) is 10.3. The molecule has 0 spiro atoms. The van der Waals surface area contributed by atoms with Crippen LogP contribution in [-0.2, 0) is 4.74 Å². The van der Waals surface area contributed by atoms with Gasteiger partial charge in [-0.1, -0.05) is 26.0 Å². The first-order valence-electron chi connectivity index (χ1n) is 4.53. The van der Waals surface area contributed by atoms with Gasteiger partial charge in [0.2, 0.25) is 0 Å². The second kappa shape index (κ2) is 5.15. The SMILES string of the molecule is CC(C)COC(=O)c1ccccc1Br. The first kappa shape index (κ1) is 11.2. The molecule has 0 heterocycles. The minimum absolute atomic E-state index is 0.272. The van der Waals surface area contributed by atoms with Gasteiger partial charge in [0.25, 0.3) is 0 Å². The van der Waals surface area contributed by atoms with Gasteiger partial charge in [0.1, 0.15) is 0 Å². The highest BCUT2D eigenvalue weighted by atomic mass is 79.9. The summed E-state index contributed by atoms with van der Waals surface area (Å²) in [6, 6.07) is 7.25. The number of esters is 1. The van der Waals surface area contributed by atoms with E-state index in [0.717, 1.165) is 4.47 Å². The van der Waals surface area contributed by atoms with Gasteiger partial charge in [-0.3, -0.25) is 0 Å². The maximum absolute atomic E-state index is 11.5. The van der Waals surface area contributed by atoms with Crippen molar-refractivity contribution in [2.75, 3.05) is 6.61 Å². The van der Waals surface area contributed by atoms with Crippen LogP contribution in [0.1, 0.15) is 24.2 Å². The molecule has 0 aliphatic carbocycles. The van der Waals surface area contributed by atoms with E-state index in [1.807, 2.05) is 32.0 Å². The monoisotopic (exact) mass is 256 g/mol. The molecule has 14 heavy (non-hydrogen) atoms. The van der Waals surface area contributed by atoms with Gasteiger partial charge in [-0.05, 0) is 34.0 Å². The molecule has 1 aromatic rings. The standard InChI is InChI=1S/C11H13BrO2/c1-8(2)7-14-11(13)9-5-3-4-6-10(9)12/h3-6,8H,7H2,1-2H3. The van der Waals surface area contributed by atoms with E-state index in [-0.39, 0.29) is 5.97 Å². The second-order valence-electron chi connectivity index (χ2n) is 3.47. The van der Waals surface area contributed by atoms with Crippen LogP contribution in [-0.4, -0.2) is 12.6 Å². The van der Waals surface area contributed by atoms with Gasteiger partial charge < -0.3 is 4.74 Å². The molecule has 0 aromatic heterocycles. The van der Waals surface area contributed by atoms with Gasteiger partial charge in [0, 0.05) is 4.47 Å². The molecule has 0 saturated carbocycles. The van der Waals surface area contributed by atoms with E-state index in [1.165, 1.54) is 0 Å². The zero-order valence-electron chi connectivity index (χ0n) is 8.29. The molecule has 0 aliphatic rings. The van der Waals surface area contributed by atoms with E-state index < -0.39 is 0 Å². The van der Waals surface area contributed by atoms with Gasteiger partial charge in [0.15, 0.2) is 0 Å². The number of ether oxygens (including phenoxy) is 1. The number of carbonyl (C=O) groups is 1. The van der Waals surface area contributed by atoms with Crippen LogP contribution < -0.4 is 0 Å². The molecule has 1 rings (SSSR count). The highest BCUT2D eigenvalue weighted by Gasteiger charge is 2.10. The fourth-order valence-electron chi connectivity index (χ4n) is 0.947. The fraction of sp³-hybridized carbons (Fsp3) is 0.364. The van der Waals surface area contributed by atoms with Crippen LogP contribution in [0.5, 0.6) is 0 Å².